The minimum atomic E-state index is -2.84. The third kappa shape index (κ3) is 8.56. The lowest BCUT2D eigenvalue weighted by Crippen LogP contribution is -2.34. The van der Waals surface area contributed by atoms with Crippen molar-refractivity contribution >= 4 is 34.3 Å². The van der Waals surface area contributed by atoms with Gasteiger partial charge in [-0.15, -0.1) is 0 Å². The molecule has 4 heterocycles. The Balaban J connectivity index is 0.000000208. The summed E-state index contributed by atoms with van der Waals surface area (Å²) in [6.07, 6.45) is 2.76. The summed E-state index contributed by atoms with van der Waals surface area (Å²) in [6.45, 7) is 2.82. The van der Waals surface area contributed by atoms with E-state index in [0.29, 0.717) is 24.0 Å². The number of nitrogens with one attached hydrogen (secondary N) is 2. The number of ether oxygens (including phenoxy) is 2. The van der Waals surface area contributed by atoms with E-state index in [-0.39, 0.29) is 58.9 Å². The van der Waals surface area contributed by atoms with Gasteiger partial charge in [-0.2, -0.15) is 0 Å². The molecule has 2 aliphatic heterocycles. The molecule has 0 saturated carbocycles. The van der Waals surface area contributed by atoms with E-state index in [1.165, 1.54) is 49.1 Å². The van der Waals surface area contributed by atoms with Gasteiger partial charge in [0, 0.05) is 72.3 Å². The zero-order valence-corrected chi connectivity index (χ0v) is 28.9. The first-order chi connectivity index (χ1) is 25.7. The molecule has 2 atom stereocenters. The first-order valence-corrected chi connectivity index (χ1v) is 16.2. The van der Waals surface area contributed by atoms with Gasteiger partial charge < -0.3 is 41.8 Å². The fourth-order valence-electron chi connectivity index (χ4n) is 5.67. The van der Waals surface area contributed by atoms with Crippen LogP contribution in [0, 0.1) is 0 Å². The zero-order chi connectivity index (χ0) is 39.2. The maximum atomic E-state index is 13.5. The third-order valence-electron chi connectivity index (χ3n) is 8.38. The number of halogens is 4. The number of alkyl halides is 4. The molecule has 0 saturated heterocycles. The molecule has 2 aromatic carbocycles. The molecule has 284 valence electrons. The molecule has 54 heavy (non-hydrogen) atoms. The lowest BCUT2D eigenvalue weighted by Gasteiger charge is -2.20. The molecular formula is C36H36F4N8O6. The molecule has 0 fully saturated rings. The van der Waals surface area contributed by atoms with E-state index in [2.05, 4.69) is 30.6 Å². The average molecular weight is 753 g/mol. The van der Waals surface area contributed by atoms with Crippen molar-refractivity contribution in [2.45, 2.75) is 50.7 Å². The SMILES string of the molecule is C[C@@]1(CO)Cc2cc(NC(=O)C(=CN)c3ncccn3)c(C(F)F)cc2O1.C[C@]1(CO)Cc2cc(NC(=O)C(=CN)c3ncccn3)c(C(F)F)cc2O1. The lowest BCUT2D eigenvalue weighted by atomic mass is 9.98. The Hall–Kier alpha value is -6.14. The van der Waals surface area contributed by atoms with E-state index in [1.807, 2.05) is 0 Å². The number of aromatic nitrogens is 4. The number of fused-ring (bicyclic) bond motifs is 2. The van der Waals surface area contributed by atoms with E-state index in [9.17, 15) is 37.4 Å². The van der Waals surface area contributed by atoms with Crippen molar-refractivity contribution in [3.8, 4) is 11.5 Å². The second-order valence-electron chi connectivity index (χ2n) is 12.7. The van der Waals surface area contributed by atoms with Crippen LogP contribution in [0.3, 0.4) is 0 Å². The van der Waals surface area contributed by atoms with Gasteiger partial charge in [-0.1, -0.05) is 0 Å². The second-order valence-corrected chi connectivity index (χ2v) is 12.7. The Labute approximate surface area is 306 Å². The number of nitrogens with two attached hydrogens (primary N) is 2. The fourth-order valence-corrected chi connectivity index (χ4v) is 5.67. The number of hydrogen-bond acceptors (Lipinski definition) is 12. The molecule has 6 rings (SSSR count). The number of amides is 2. The van der Waals surface area contributed by atoms with Gasteiger partial charge in [-0.25, -0.2) is 37.5 Å². The highest BCUT2D eigenvalue weighted by Crippen LogP contribution is 2.42. The van der Waals surface area contributed by atoms with Crippen LogP contribution in [0.2, 0.25) is 0 Å². The summed E-state index contributed by atoms with van der Waals surface area (Å²) >= 11 is 0. The highest BCUT2D eigenvalue weighted by Gasteiger charge is 2.37. The number of anilines is 2. The molecule has 14 nitrogen and oxygen atoms in total. The predicted octanol–water partition coefficient (Wildman–Crippen LogP) is 4.08. The lowest BCUT2D eigenvalue weighted by molar-refractivity contribution is -0.112. The number of hydrogen-bond donors (Lipinski definition) is 6. The molecule has 0 aliphatic carbocycles. The first-order valence-electron chi connectivity index (χ1n) is 16.2. The normalized spacial score (nSPS) is 18.9. The summed E-state index contributed by atoms with van der Waals surface area (Å²) in [5.74, 6) is -0.743. The summed E-state index contributed by atoms with van der Waals surface area (Å²) in [5.41, 5.74) is 9.45. The Kier molecular flexibility index (Phi) is 11.8. The maximum Gasteiger partial charge on any atom is 0.265 e. The molecule has 18 heteroatoms. The summed E-state index contributed by atoms with van der Waals surface area (Å²) < 4.78 is 65.2. The summed E-state index contributed by atoms with van der Waals surface area (Å²) in [7, 11) is 0. The average Bonchev–Trinajstić information content (AvgIpc) is 3.67. The largest absolute Gasteiger partial charge is 0.485 e. The van der Waals surface area contributed by atoms with Gasteiger partial charge >= 0.3 is 0 Å². The monoisotopic (exact) mass is 752 g/mol. The summed E-state index contributed by atoms with van der Waals surface area (Å²) in [6, 6.07) is 8.36. The minimum absolute atomic E-state index is 0.0484. The molecule has 2 amide bonds. The number of aliphatic hydroxyl groups excluding tert-OH is 2. The number of aliphatic hydroxyl groups is 2. The van der Waals surface area contributed by atoms with E-state index < -0.39 is 47.0 Å². The molecule has 4 aromatic rings. The van der Waals surface area contributed by atoms with Crippen LogP contribution in [0.5, 0.6) is 11.5 Å². The number of carbonyl (C=O) groups is 2. The van der Waals surface area contributed by atoms with Crippen LogP contribution in [0.25, 0.3) is 11.1 Å². The minimum Gasteiger partial charge on any atom is -0.485 e. The topological polar surface area (TPSA) is 221 Å². The molecular weight excluding hydrogens is 716 g/mol. The van der Waals surface area contributed by atoms with E-state index in [1.54, 1.807) is 26.0 Å². The van der Waals surface area contributed by atoms with E-state index in [0.717, 1.165) is 12.4 Å². The van der Waals surface area contributed by atoms with Crippen molar-refractivity contribution in [1.29, 1.82) is 0 Å². The van der Waals surface area contributed by atoms with Crippen LogP contribution in [0.1, 0.15) is 60.6 Å². The second kappa shape index (κ2) is 16.3. The Morgan fingerprint density at radius 3 is 1.37 bits per heavy atom. The number of benzene rings is 2. The number of carbonyl (C=O) groups excluding carboxylic acids is 2. The van der Waals surface area contributed by atoms with Crippen molar-refractivity contribution in [3.05, 3.63) is 107 Å². The van der Waals surface area contributed by atoms with Crippen LogP contribution in [-0.2, 0) is 22.4 Å². The van der Waals surface area contributed by atoms with Crippen molar-refractivity contribution in [2.24, 2.45) is 11.5 Å². The molecule has 8 N–H and O–H groups in total. The van der Waals surface area contributed by atoms with Crippen LogP contribution in [-0.4, -0.2) is 66.4 Å². The molecule has 2 aromatic heterocycles. The van der Waals surface area contributed by atoms with Crippen LogP contribution in [0.4, 0.5) is 28.9 Å². The van der Waals surface area contributed by atoms with Gasteiger partial charge in [-0.3, -0.25) is 9.59 Å². The third-order valence-corrected chi connectivity index (χ3v) is 8.38. The molecule has 0 spiro atoms. The number of rotatable bonds is 10. The standard InChI is InChI=1S/2C18H18F2N4O3/c2*1-18(9-25)7-10-5-13(11(15(19)20)6-14(10)27-18)24-17(26)12(8-21)16-22-3-2-4-23-16/h2*2-6,8,15,25H,7,9,21H2,1H3,(H,24,26)/t2*18-/m10/s1. The van der Waals surface area contributed by atoms with Gasteiger partial charge in [0.25, 0.3) is 24.7 Å². The van der Waals surface area contributed by atoms with Gasteiger partial charge in [0.05, 0.1) is 35.7 Å². The van der Waals surface area contributed by atoms with Crippen LogP contribution < -0.4 is 31.6 Å². The van der Waals surface area contributed by atoms with Gasteiger partial charge in [0.1, 0.15) is 22.7 Å². The van der Waals surface area contributed by atoms with E-state index >= 15 is 0 Å². The molecule has 0 unspecified atom stereocenters. The van der Waals surface area contributed by atoms with Crippen molar-refractivity contribution < 1.29 is 46.8 Å². The van der Waals surface area contributed by atoms with Gasteiger partial charge in [-0.05, 0) is 50.2 Å². The summed E-state index contributed by atoms with van der Waals surface area (Å²) in [5, 5.41) is 23.8. The smallest absolute Gasteiger partial charge is 0.265 e. The Morgan fingerprint density at radius 1 is 0.722 bits per heavy atom. The highest BCUT2D eigenvalue weighted by molar-refractivity contribution is 6.25. The van der Waals surface area contributed by atoms with Crippen LogP contribution >= 0.6 is 0 Å². The van der Waals surface area contributed by atoms with Crippen molar-refractivity contribution in [3.63, 3.8) is 0 Å². The molecule has 0 radical (unpaired) electrons. The van der Waals surface area contributed by atoms with Gasteiger partial charge in [0.2, 0.25) is 0 Å². The predicted molar refractivity (Wildman–Crippen MR) is 188 cm³/mol. The fraction of sp³-hybridized carbons (Fsp3) is 0.278. The van der Waals surface area contributed by atoms with Crippen LogP contribution in [0.15, 0.2) is 73.6 Å². The Bertz CT molecular complexity index is 1930. The molecule has 0 bridgehead atoms. The summed E-state index contributed by atoms with van der Waals surface area (Å²) in [4.78, 5) is 40.9. The van der Waals surface area contributed by atoms with Gasteiger partial charge in [0.15, 0.2) is 11.6 Å². The quantitative estimate of drug-likeness (QED) is 0.0997. The number of nitrogens with zero attached hydrogens (tertiary/aromatic N) is 4. The molecule has 2 aliphatic rings. The highest BCUT2D eigenvalue weighted by atomic mass is 19.3. The zero-order valence-electron chi connectivity index (χ0n) is 28.9. The van der Waals surface area contributed by atoms with E-state index in [4.69, 9.17) is 20.9 Å². The van der Waals surface area contributed by atoms with Crippen molar-refractivity contribution in [2.75, 3.05) is 23.8 Å². The Morgan fingerprint density at radius 2 is 1.07 bits per heavy atom. The van der Waals surface area contributed by atoms with Crippen molar-refractivity contribution in [1.82, 2.24) is 19.9 Å². The first kappa shape index (κ1) is 39.1. The maximum absolute atomic E-state index is 13.5.